The van der Waals surface area contributed by atoms with Crippen molar-refractivity contribution in [1.82, 2.24) is 0 Å². The summed E-state index contributed by atoms with van der Waals surface area (Å²) in [5.74, 6) is -0.929. The van der Waals surface area contributed by atoms with Gasteiger partial charge in [0.2, 0.25) is 0 Å². The summed E-state index contributed by atoms with van der Waals surface area (Å²) in [5, 5.41) is 0. The molecule has 1 unspecified atom stereocenters. The fourth-order valence-electron chi connectivity index (χ4n) is 6.93. The molecular weight excluding hydrogens is 733 g/mol. The Balaban J connectivity index is 4.38. The quantitative estimate of drug-likeness (QED) is 0.0263. The molecule has 0 aliphatic heterocycles. The summed E-state index contributed by atoms with van der Waals surface area (Å²) in [5.41, 5.74) is 0. The largest absolute Gasteiger partial charge is 0.462 e. The van der Waals surface area contributed by atoms with E-state index in [0.717, 1.165) is 64.2 Å². The van der Waals surface area contributed by atoms with Crippen molar-refractivity contribution < 1.29 is 28.6 Å². The SMILES string of the molecule is CC\C=C/C=C\C=C/C=C\C=C/CCCCCC(=O)OC(COC(=O)CCCCCCCCCCC)COC(=O)CCCCCCCCCCCCCCCCCCC. The van der Waals surface area contributed by atoms with Gasteiger partial charge in [-0.1, -0.05) is 242 Å². The van der Waals surface area contributed by atoms with Crippen LogP contribution in [-0.2, 0) is 28.6 Å². The van der Waals surface area contributed by atoms with Crippen LogP contribution in [0.25, 0.3) is 0 Å². The third kappa shape index (κ3) is 46.0. The van der Waals surface area contributed by atoms with Gasteiger partial charge in [0.05, 0.1) is 0 Å². The van der Waals surface area contributed by atoms with Crippen LogP contribution < -0.4 is 0 Å². The predicted molar refractivity (Wildman–Crippen MR) is 251 cm³/mol. The fraction of sp³-hybridized carbons (Fsp3) is 0.755. The molecule has 0 saturated carbocycles. The van der Waals surface area contributed by atoms with E-state index >= 15 is 0 Å². The molecular formula is C53H92O6. The van der Waals surface area contributed by atoms with Crippen molar-refractivity contribution in [1.29, 1.82) is 0 Å². The van der Waals surface area contributed by atoms with Gasteiger partial charge in [0.1, 0.15) is 13.2 Å². The predicted octanol–water partition coefficient (Wildman–Crippen LogP) is 16.1. The molecule has 0 aromatic heterocycles. The van der Waals surface area contributed by atoms with Gasteiger partial charge in [0.25, 0.3) is 0 Å². The lowest BCUT2D eigenvalue weighted by Gasteiger charge is -2.18. The van der Waals surface area contributed by atoms with Crippen LogP contribution in [0.3, 0.4) is 0 Å². The minimum Gasteiger partial charge on any atom is -0.462 e. The van der Waals surface area contributed by atoms with Gasteiger partial charge >= 0.3 is 17.9 Å². The molecule has 0 bridgehead atoms. The first-order chi connectivity index (χ1) is 29.0. The highest BCUT2D eigenvalue weighted by Crippen LogP contribution is 2.15. The maximum Gasteiger partial charge on any atom is 0.306 e. The monoisotopic (exact) mass is 825 g/mol. The summed E-state index contributed by atoms with van der Waals surface area (Å²) >= 11 is 0. The Morgan fingerprint density at radius 3 is 1.03 bits per heavy atom. The highest BCUT2D eigenvalue weighted by molar-refractivity contribution is 5.71. The van der Waals surface area contributed by atoms with Crippen molar-refractivity contribution in [3.05, 3.63) is 60.8 Å². The number of esters is 3. The number of ether oxygens (including phenoxy) is 3. The van der Waals surface area contributed by atoms with Gasteiger partial charge in [-0.25, -0.2) is 0 Å². The summed E-state index contributed by atoms with van der Waals surface area (Å²) in [6, 6.07) is 0. The molecule has 59 heavy (non-hydrogen) atoms. The molecule has 0 rings (SSSR count). The third-order valence-corrected chi connectivity index (χ3v) is 10.7. The first kappa shape index (κ1) is 56.1. The van der Waals surface area contributed by atoms with Gasteiger partial charge in [-0.3, -0.25) is 14.4 Å². The first-order valence-corrected chi connectivity index (χ1v) is 24.9. The van der Waals surface area contributed by atoms with E-state index in [1.54, 1.807) is 0 Å². The van der Waals surface area contributed by atoms with Crippen molar-refractivity contribution in [2.75, 3.05) is 13.2 Å². The van der Waals surface area contributed by atoms with Gasteiger partial charge in [0.15, 0.2) is 6.10 Å². The Labute approximate surface area is 364 Å². The van der Waals surface area contributed by atoms with Gasteiger partial charge in [-0.05, 0) is 38.5 Å². The van der Waals surface area contributed by atoms with E-state index in [0.29, 0.717) is 19.3 Å². The average Bonchev–Trinajstić information content (AvgIpc) is 3.23. The Morgan fingerprint density at radius 2 is 0.661 bits per heavy atom. The molecule has 0 spiro atoms. The first-order valence-electron chi connectivity index (χ1n) is 24.9. The van der Waals surface area contributed by atoms with Gasteiger partial charge in [-0.2, -0.15) is 0 Å². The number of hydrogen-bond donors (Lipinski definition) is 0. The average molecular weight is 825 g/mol. The van der Waals surface area contributed by atoms with E-state index in [-0.39, 0.29) is 37.5 Å². The molecule has 0 aliphatic carbocycles. The molecule has 0 radical (unpaired) electrons. The maximum atomic E-state index is 12.7. The molecule has 1 atom stereocenters. The Hall–Kier alpha value is -2.89. The second-order valence-corrected chi connectivity index (χ2v) is 16.5. The Kier molecular flexibility index (Phi) is 45.4. The van der Waals surface area contributed by atoms with Crippen molar-refractivity contribution in [2.24, 2.45) is 0 Å². The Morgan fingerprint density at radius 1 is 0.356 bits per heavy atom. The molecule has 0 N–H and O–H groups in total. The lowest BCUT2D eigenvalue weighted by Crippen LogP contribution is -2.30. The van der Waals surface area contributed by atoms with Crippen molar-refractivity contribution in [2.45, 2.75) is 245 Å². The molecule has 0 amide bonds. The summed E-state index contributed by atoms with van der Waals surface area (Å²) in [7, 11) is 0. The molecule has 0 aromatic carbocycles. The molecule has 0 fully saturated rings. The highest BCUT2D eigenvalue weighted by Gasteiger charge is 2.19. The number of hydrogen-bond acceptors (Lipinski definition) is 6. The number of rotatable bonds is 44. The second-order valence-electron chi connectivity index (χ2n) is 16.5. The zero-order valence-corrected chi connectivity index (χ0v) is 38.8. The van der Waals surface area contributed by atoms with Crippen LogP contribution in [0.15, 0.2) is 60.8 Å². The summed E-state index contributed by atoms with van der Waals surface area (Å²) < 4.78 is 16.7. The highest BCUT2D eigenvalue weighted by atomic mass is 16.6. The standard InChI is InChI=1S/C53H92O6/c1-4-7-10-13-16-19-21-23-25-26-28-29-31-34-37-40-43-46-52(55)58-49-50(48-57-51(54)45-42-39-36-33-18-15-12-9-6-3)59-53(56)47-44-41-38-35-32-30-27-24-22-20-17-14-11-8-5-2/h8,11,14,17,20,22,24,27,30,32,50H,4-7,9-10,12-13,15-16,18-19,21,23,25-26,28-29,31,33-49H2,1-3H3/b11-8-,17-14-,22-20-,27-24-,32-30-. The summed E-state index contributed by atoms with van der Waals surface area (Å²) in [6.45, 7) is 6.45. The number of allylic oxidation sites excluding steroid dienone is 10. The number of carbonyl (C=O) groups excluding carboxylic acids is 3. The van der Waals surface area contributed by atoms with Crippen molar-refractivity contribution in [3.8, 4) is 0 Å². The van der Waals surface area contributed by atoms with Crippen LogP contribution in [0.5, 0.6) is 0 Å². The topological polar surface area (TPSA) is 78.9 Å². The maximum absolute atomic E-state index is 12.7. The smallest absolute Gasteiger partial charge is 0.306 e. The van der Waals surface area contributed by atoms with Crippen LogP contribution >= 0.6 is 0 Å². The van der Waals surface area contributed by atoms with Gasteiger partial charge < -0.3 is 14.2 Å². The van der Waals surface area contributed by atoms with Gasteiger partial charge in [0, 0.05) is 19.3 Å². The Bertz CT molecular complexity index is 1090. The number of unbranched alkanes of at least 4 members (excludes halogenated alkanes) is 27. The molecule has 0 aliphatic rings. The summed E-state index contributed by atoms with van der Waals surface area (Å²) in [4.78, 5) is 37.8. The van der Waals surface area contributed by atoms with Crippen molar-refractivity contribution in [3.63, 3.8) is 0 Å². The molecule has 0 aromatic rings. The molecule has 0 saturated heterocycles. The van der Waals surface area contributed by atoms with E-state index in [1.165, 1.54) is 128 Å². The van der Waals surface area contributed by atoms with Crippen LogP contribution in [0, 0.1) is 0 Å². The minimum atomic E-state index is -0.791. The normalized spacial score (nSPS) is 12.5. The zero-order chi connectivity index (χ0) is 43.0. The minimum absolute atomic E-state index is 0.0888. The molecule has 0 heterocycles. The molecule has 340 valence electrons. The zero-order valence-electron chi connectivity index (χ0n) is 38.8. The van der Waals surface area contributed by atoms with E-state index < -0.39 is 6.10 Å². The van der Waals surface area contributed by atoms with Crippen LogP contribution in [-0.4, -0.2) is 37.2 Å². The van der Waals surface area contributed by atoms with Crippen LogP contribution in [0.4, 0.5) is 0 Å². The van der Waals surface area contributed by atoms with Crippen molar-refractivity contribution >= 4 is 17.9 Å². The van der Waals surface area contributed by atoms with Gasteiger partial charge in [-0.15, -0.1) is 0 Å². The summed E-state index contributed by atoms with van der Waals surface area (Å²) in [6.07, 6.45) is 57.8. The molecule has 6 nitrogen and oxygen atoms in total. The third-order valence-electron chi connectivity index (χ3n) is 10.7. The fourth-order valence-corrected chi connectivity index (χ4v) is 6.93. The molecule has 6 heteroatoms. The van der Waals surface area contributed by atoms with E-state index in [1.807, 2.05) is 48.6 Å². The second kappa shape index (κ2) is 47.8. The van der Waals surface area contributed by atoms with Crippen LogP contribution in [0.1, 0.15) is 239 Å². The van der Waals surface area contributed by atoms with E-state index in [4.69, 9.17) is 14.2 Å². The van der Waals surface area contributed by atoms with E-state index in [2.05, 4.69) is 32.9 Å². The lowest BCUT2D eigenvalue weighted by atomic mass is 10.0. The van der Waals surface area contributed by atoms with Crippen LogP contribution in [0.2, 0.25) is 0 Å². The lowest BCUT2D eigenvalue weighted by molar-refractivity contribution is -0.167. The number of carbonyl (C=O) groups is 3. The van der Waals surface area contributed by atoms with E-state index in [9.17, 15) is 14.4 Å².